The highest BCUT2D eigenvalue weighted by molar-refractivity contribution is 4.82. The van der Waals surface area contributed by atoms with Gasteiger partial charge in [0.05, 0.1) is 58.5 Å². The molecule has 3 aliphatic rings. The summed E-state index contributed by atoms with van der Waals surface area (Å²) in [6, 6.07) is 0. The van der Waals surface area contributed by atoms with Gasteiger partial charge in [0.15, 0.2) is 0 Å². The van der Waals surface area contributed by atoms with Crippen LogP contribution in [0.2, 0.25) is 0 Å². The largest absolute Gasteiger partial charge is 0.392 e. The summed E-state index contributed by atoms with van der Waals surface area (Å²) >= 11 is 0. The van der Waals surface area contributed by atoms with E-state index >= 15 is 0 Å². The SMILES string of the molecule is CCCCOCC(O)CN1CCN(CC(O)CCC(CC)(COCC2CO2)COCC2CO2)CC1. The molecule has 2 N–H and O–H groups in total. The number of rotatable bonds is 21. The number of nitrogens with zero attached hydrogens (tertiary/aromatic N) is 2. The Hall–Kier alpha value is -0.360. The molecular weight excluding hydrogens is 452 g/mol. The fraction of sp³-hybridized carbons (Fsp3) is 1.00. The van der Waals surface area contributed by atoms with Crippen molar-refractivity contribution in [3.63, 3.8) is 0 Å². The van der Waals surface area contributed by atoms with Crippen molar-refractivity contribution < 1.29 is 33.9 Å². The average Bonchev–Trinajstić information content (AvgIpc) is 3.78. The van der Waals surface area contributed by atoms with Gasteiger partial charge in [-0.05, 0) is 25.7 Å². The van der Waals surface area contributed by atoms with Gasteiger partial charge in [0.25, 0.3) is 0 Å². The predicted octanol–water partition coefficient (Wildman–Crippen LogP) is 1.15. The lowest BCUT2D eigenvalue weighted by Gasteiger charge is -2.37. The van der Waals surface area contributed by atoms with Crippen LogP contribution >= 0.6 is 0 Å². The van der Waals surface area contributed by atoms with Crippen LogP contribution in [0.25, 0.3) is 0 Å². The first kappa shape index (κ1) is 29.2. The van der Waals surface area contributed by atoms with Gasteiger partial charge in [0.2, 0.25) is 0 Å². The molecule has 3 rings (SSSR count). The summed E-state index contributed by atoms with van der Waals surface area (Å²) in [5.74, 6) is 0. The van der Waals surface area contributed by atoms with Gasteiger partial charge in [0, 0.05) is 51.3 Å². The molecule has 0 aromatic carbocycles. The third-order valence-corrected chi connectivity index (χ3v) is 7.34. The Bertz CT molecular complexity index is 536. The minimum absolute atomic E-state index is 0.0984. The van der Waals surface area contributed by atoms with E-state index in [4.69, 9.17) is 23.7 Å². The second kappa shape index (κ2) is 15.8. The lowest BCUT2D eigenvalue weighted by molar-refractivity contribution is -0.0431. The fourth-order valence-corrected chi connectivity index (χ4v) is 4.54. The van der Waals surface area contributed by atoms with E-state index in [0.717, 1.165) is 78.1 Å². The van der Waals surface area contributed by atoms with Crippen molar-refractivity contribution in [2.45, 2.75) is 70.4 Å². The highest BCUT2D eigenvalue weighted by atomic mass is 16.6. The van der Waals surface area contributed by atoms with Crippen molar-refractivity contribution in [3.8, 4) is 0 Å². The van der Waals surface area contributed by atoms with E-state index < -0.39 is 6.10 Å². The van der Waals surface area contributed by atoms with Crippen LogP contribution in [0.1, 0.15) is 46.0 Å². The second-order valence-electron chi connectivity index (χ2n) is 10.7. The molecule has 0 aliphatic carbocycles. The summed E-state index contributed by atoms with van der Waals surface area (Å²) < 4.78 is 28.1. The van der Waals surface area contributed by atoms with Gasteiger partial charge in [-0.2, -0.15) is 0 Å². The molecule has 0 amide bonds. The number of aliphatic hydroxyl groups is 2. The number of hydrogen-bond acceptors (Lipinski definition) is 9. The van der Waals surface area contributed by atoms with E-state index in [1.807, 2.05) is 0 Å². The number of ether oxygens (including phenoxy) is 5. The van der Waals surface area contributed by atoms with Gasteiger partial charge < -0.3 is 33.9 Å². The zero-order chi connectivity index (χ0) is 24.9. The zero-order valence-corrected chi connectivity index (χ0v) is 22.1. The van der Waals surface area contributed by atoms with Crippen molar-refractivity contribution >= 4 is 0 Å². The van der Waals surface area contributed by atoms with Gasteiger partial charge in [0.1, 0.15) is 12.2 Å². The molecule has 35 heavy (non-hydrogen) atoms. The molecule has 3 fully saturated rings. The van der Waals surface area contributed by atoms with E-state index in [1.165, 1.54) is 0 Å². The first-order valence-electron chi connectivity index (χ1n) is 13.8. The molecule has 4 atom stereocenters. The normalized spacial score (nSPS) is 26.4. The number of β-amino-alcohol motifs (C(OH)–C–C–N with tert-alkyl or cyclic N) is 2. The molecule has 3 saturated heterocycles. The molecule has 0 aromatic heterocycles. The molecule has 0 bridgehead atoms. The number of piperazine rings is 1. The molecule has 3 heterocycles. The van der Waals surface area contributed by atoms with Crippen molar-refractivity contribution in [3.05, 3.63) is 0 Å². The van der Waals surface area contributed by atoms with Gasteiger partial charge in [-0.15, -0.1) is 0 Å². The summed E-state index contributed by atoms with van der Waals surface area (Å²) in [5, 5.41) is 21.0. The van der Waals surface area contributed by atoms with Gasteiger partial charge >= 0.3 is 0 Å². The summed E-state index contributed by atoms with van der Waals surface area (Å²) in [5.41, 5.74) is -0.0984. The molecule has 206 valence electrons. The lowest BCUT2D eigenvalue weighted by atomic mass is 9.81. The van der Waals surface area contributed by atoms with Crippen LogP contribution in [0.3, 0.4) is 0 Å². The van der Waals surface area contributed by atoms with Gasteiger partial charge in [-0.1, -0.05) is 20.3 Å². The van der Waals surface area contributed by atoms with E-state index in [2.05, 4.69) is 23.6 Å². The van der Waals surface area contributed by atoms with Crippen LogP contribution in [0.4, 0.5) is 0 Å². The predicted molar refractivity (Wildman–Crippen MR) is 134 cm³/mol. The van der Waals surface area contributed by atoms with Crippen LogP contribution in [0, 0.1) is 5.41 Å². The minimum Gasteiger partial charge on any atom is -0.392 e. The van der Waals surface area contributed by atoms with Crippen molar-refractivity contribution in [1.82, 2.24) is 9.80 Å². The number of unbranched alkanes of at least 4 members (excludes halogenated alkanes) is 1. The molecular formula is C26H50N2O7. The van der Waals surface area contributed by atoms with Crippen LogP contribution in [-0.4, -0.2) is 137 Å². The third kappa shape index (κ3) is 12.2. The van der Waals surface area contributed by atoms with Crippen LogP contribution in [0.5, 0.6) is 0 Å². The number of epoxide rings is 2. The van der Waals surface area contributed by atoms with E-state index in [-0.39, 0.29) is 23.7 Å². The Balaban J connectivity index is 1.33. The van der Waals surface area contributed by atoms with Gasteiger partial charge in [-0.3, -0.25) is 9.80 Å². The Morgan fingerprint density at radius 1 is 0.857 bits per heavy atom. The van der Waals surface area contributed by atoms with Crippen LogP contribution < -0.4 is 0 Å². The minimum atomic E-state index is -0.437. The van der Waals surface area contributed by atoms with Crippen molar-refractivity contribution in [2.24, 2.45) is 5.41 Å². The average molecular weight is 503 g/mol. The van der Waals surface area contributed by atoms with E-state index in [1.54, 1.807) is 0 Å². The van der Waals surface area contributed by atoms with Gasteiger partial charge in [-0.25, -0.2) is 0 Å². The summed E-state index contributed by atoms with van der Waals surface area (Å²) in [6.45, 7) is 14.6. The maximum atomic E-state index is 10.8. The highest BCUT2D eigenvalue weighted by Crippen LogP contribution is 2.31. The summed E-state index contributed by atoms with van der Waals surface area (Å²) in [4.78, 5) is 4.63. The first-order chi connectivity index (χ1) is 17.0. The fourth-order valence-electron chi connectivity index (χ4n) is 4.54. The molecule has 0 spiro atoms. The Morgan fingerprint density at radius 2 is 1.40 bits per heavy atom. The smallest absolute Gasteiger partial charge is 0.104 e. The molecule has 9 heteroatoms. The molecule has 3 aliphatic heterocycles. The summed E-state index contributed by atoms with van der Waals surface area (Å²) in [7, 11) is 0. The second-order valence-corrected chi connectivity index (χ2v) is 10.7. The lowest BCUT2D eigenvalue weighted by Crippen LogP contribution is -2.50. The zero-order valence-electron chi connectivity index (χ0n) is 22.1. The van der Waals surface area contributed by atoms with Crippen LogP contribution in [-0.2, 0) is 23.7 Å². The molecule has 4 unspecified atom stereocenters. The van der Waals surface area contributed by atoms with E-state index in [0.29, 0.717) is 46.1 Å². The monoisotopic (exact) mass is 502 g/mol. The quantitative estimate of drug-likeness (QED) is 0.177. The van der Waals surface area contributed by atoms with E-state index in [9.17, 15) is 10.2 Å². The Morgan fingerprint density at radius 3 is 1.89 bits per heavy atom. The Labute approximate surface area is 212 Å². The van der Waals surface area contributed by atoms with Crippen LogP contribution in [0.15, 0.2) is 0 Å². The number of hydrogen-bond donors (Lipinski definition) is 2. The van der Waals surface area contributed by atoms with Crippen molar-refractivity contribution in [1.29, 1.82) is 0 Å². The molecule has 0 saturated carbocycles. The first-order valence-corrected chi connectivity index (χ1v) is 13.8. The summed E-state index contributed by atoms with van der Waals surface area (Å²) in [6.07, 6.45) is 4.39. The standard InChI is InChI=1S/C26H50N2O7/c1-3-5-12-31-15-23(30)14-28-10-8-27(9-11-28)13-22(29)6-7-26(4-2,20-32-16-24-18-34-24)21-33-17-25-19-35-25/h22-25,29-30H,3-21H2,1-2H3. The number of aliphatic hydroxyl groups excluding tert-OH is 2. The highest BCUT2D eigenvalue weighted by Gasteiger charge is 2.33. The molecule has 9 nitrogen and oxygen atoms in total. The third-order valence-electron chi connectivity index (χ3n) is 7.34. The maximum Gasteiger partial charge on any atom is 0.104 e. The molecule has 0 radical (unpaired) electrons. The molecule has 0 aromatic rings. The Kier molecular flexibility index (Phi) is 13.2. The van der Waals surface area contributed by atoms with Crippen molar-refractivity contribution in [2.75, 3.05) is 92.1 Å². The maximum absolute atomic E-state index is 10.8. The topological polar surface area (TPSA) is 99.7 Å².